The second-order valence-electron chi connectivity index (χ2n) is 4.29. The summed E-state index contributed by atoms with van der Waals surface area (Å²) in [6, 6.07) is 8.08. The Kier molecular flexibility index (Phi) is 3.51. The number of aromatic nitrogens is 1. The molecule has 2 aromatic rings. The predicted molar refractivity (Wildman–Crippen MR) is 71.7 cm³/mol. The summed E-state index contributed by atoms with van der Waals surface area (Å²) in [6.45, 7) is 6.11. The van der Waals surface area contributed by atoms with Crippen molar-refractivity contribution < 1.29 is 9.53 Å². The summed E-state index contributed by atoms with van der Waals surface area (Å²) in [5, 5.41) is 0. The number of carbonyl (C=O) groups is 1. The van der Waals surface area contributed by atoms with Crippen LogP contribution in [0.25, 0.3) is 11.1 Å². The Morgan fingerprint density at radius 2 is 2.11 bits per heavy atom. The Morgan fingerprint density at radius 3 is 2.78 bits per heavy atom. The molecule has 0 unspecified atom stereocenters. The van der Waals surface area contributed by atoms with Gasteiger partial charge < -0.3 is 9.72 Å². The van der Waals surface area contributed by atoms with Gasteiger partial charge in [0, 0.05) is 17.5 Å². The van der Waals surface area contributed by atoms with Gasteiger partial charge in [-0.15, -0.1) is 0 Å². The van der Waals surface area contributed by atoms with E-state index in [1.54, 1.807) is 0 Å². The fraction of sp³-hybridized carbons (Fsp3) is 0.267. The Morgan fingerprint density at radius 1 is 1.33 bits per heavy atom. The van der Waals surface area contributed by atoms with Gasteiger partial charge in [-0.1, -0.05) is 29.8 Å². The van der Waals surface area contributed by atoms with E-state index in [1.807, 2.05) is 45.2 Å². The van der Waals surface area contributed by atoms with Gasteiger partial charge in [0.1, 0.15) is 0 Å². The highest BCUT2D eigenvalue weighted by atomic mass is 16.5. The molecule has 3 nitrogen and oxygen atoms in total. The zero-order valence-corrected chi connectivity index (χ0v) is 10.9. The molecule has 3 heteroatoms. The van der Waals surface area contributed by atoms with Gasteiger partial charge in [-0.05, 0) is 26.3 Å². The average Bonchev–Trinajstić information content (AvgIpc) is 2.71. The van der Waals surface area contributed by atoms with Crippen LogP contribution in [-0.4, -0.2) is 17.6 Å². The molecule has 0 bridgehead atoms. The third-order valence-corrected chi connectivity index (χ3v) is 2.89. The Hall–Kier alpha value is -2.03. The summed E-state index contributed by atoms with van der Waals surface area (Å²) in [6.07, 6.45) is 1.86. The van der Waals surface area contributed by atoms with Crippen molar-refractivity contribution in [3.05, 3.63) is 47.3 Å². The molecule has 0 radical (unpaired) electrons. The fourth-order valence-electron chi connectivity index (χ4n) is 2.03. The van der Waals surface area contributed by atoms with E-state index in [9.17, 15) is 4.79 Å². The van der Waals surface area contributed by atoms with Crippen LogP contribution in [-0.2, 0) is 4.74 Å². The Balaban J connectivity index is 2.49. The van der Waals surface area contributed by atoms with E-state index in [1.165, 1.54) is 5.56 Å². The van der Waals surface area contributed by atoms with Gasteiger partial charge in [-0.2, -0.15) is 0 Å². The van der Waals surface area contributed by atoms with Crippen LogP contribution in [0, 0.1) is 13.8 Å². The number of ether oxygens (including phenoxy) is 1. The van der Waals surface area contributed by atoms with Gasteiger partial charge in [0.2, 0.25) is 0 Å². The maximum atomic E-state index is 12.0. The maximum Gasteiger partial charge on any atom is 0.340 e. The molecule has 0 fully saturated rings. The number of aromatic amines is 1. The minimum atomic E-state index is -0.271. The molecule has 2 rings (SSSR count). The van der Waals surface area contributed by atoms with Crippen LogP contribution < -0.4 is 0 Å². The summed E-state index contributed by atoms with van der Waals surface area (Å²) in [5.74, 6) is -0.271. The molecule has 0 aliphatic heterocycles. The van der Waals surface area contributed by atoms with Gasteiger partial charge in [0.25, 0.3) is 0 Å². The molecule has 0 amide bonds. The summed E-state index contributed by atoms with van der Waals surface area (Å²) in [5.41, 5.74) is 4.56. The van der Waals surface area contributed by atoms with Crippen molar-refractivity contribution in [2.45, 2.75) is 20.8 Å². The smallest absolute Gasteiger partial charge is 0.340 e. The zero-order valence-electron chi connectivity index (χ0n) is 10.9. The highest BCUT2D eigenvalue weighted by molar-refractivity contribution is 5.98. The number of hydrogen-bond donors (Lipinski definition) is 1. The van der Waals surface area contributed by atoms with Gasteiger partial charge in [0.15, 0.2) is 0 Å². The number of nitrogens with one attached hydrogen (secondary N) is 1. The number of aryl methyl sites for hydroxylation is 2. The summed E-state index contributed by atoms with van der Waals surface area (Å²) in [4.78, 5) is 15.1. The molecule has 18 heavy (non-hydrogen) atoms. The number of esters is 1. The van der Waals surface area contributed by atoms with E-state index < -0.39 is 0 Å². The number of hydrogen-bond acceptors (Lipinski definition) is 2. The van der Waals surface area contributed by atoms with Crippen LogP contribution in [0.3, 0.4) is 0 Å². The number of H-pyrrole nitrogens is 1. The van der Waals surface area contributed by atoms with Crippen LogP contribution in [0.5, 0.6) is 0 Å². The molecule has 1 aromatic carbocycles. The van der Waals surface area contributed by atoms with E-state index in [-0.39, 0.29) is 5.97 Å². The number of carbonyl (C=O) groups excluding carboxylic acids is 1. The minimum Gasteiger partial charge on any atom is -0.462 e. The van der Waals surface area contributed by atoms with Crippen LogP contribution in [0.2, 0.25) is 0 Å². The molecule has 94 valence electrons. The van der Waals surface area contributed by atoms with Gasteiger partial charge in [0.05, 0.1) is 12.2 Å². The molecule has 0 atom stereocenters. The van der Waals surface area contributed by atoms with Crippen molar-refractivity contribution in [1.82, 2.24) is 4.98 Å². The predicted octanol–water partition coefficient (Wildman–Crippen LogP) is 3.48. The zero-order chi connectivity index (χ0) is 13.1. The minimum absolute atomic E-state index is 0.271. The first-order valence-corrected chi connectivity index (χ1v) is 6.05. The normalized spacial score (nSPS) is 10.4. The van der Waals surface area contributed by atoms with Crippen LogP contribution in [0.15, 0.2) is 30.5 Å². The summed E-state index contributed by atoms with van der Waals surface area (Å²) >= 11 is 0. The van der Waals surface area contributed by atoms with Gasteiger partial charge in [-0.3, -0.25) is 0 Å². The van der Waals surface area contributed by atoms with Crippen molar-refractivity contribution >= 4 is 5.97 Å². The van der Waals surface area contributed by atoms with Crippen molar-refractivity contribution in [1.29, 1.82) is 0 Å². The lowest BCUT2D eigenvalue weighted by Crippen LogP contribution is -2.06. The van der Waals surface area contributed by atoms with Crippen LogP contribution >= 0.6 is 0 Å². The van der Waals surface area contributed by atoms with Gasteiger partial charge in [-0.25, -0.2) is 4.79 Å². The van der Waals surface area contributed by atoms with E-state index >= 15 is 0 Å². The highest BCUT2D eigenvalue weighted by Crippen LogP contribution is 2.27. The first kappa shape index (κ1) is 12.4. The Bertz CT molecular complexity index is 570. The molecule has 0 saturated carbocycles. The van der Waals surface area contributed by atoms with Crippen molar-refractivity contribution in [2.75, 3.05) is 6.61 Å². The van der Waals surface area contributed by atoms with Crippen molar-refractivity contribution in [3.8, 4) is 11.1 Å². The lowest BCUT2D eigenvalue weighted by molar-refractivity contribution is 0.0526. The molecular formula is C15H17NO2. The first-order valence-electron chi connectivity index (χ1n) is 6.05. The number of rotatable bonds is 3. The second-order valence-corrected chi connectivity index (χ2v) is 4.29. The second kappa shape index (κ2) is 5.08. The standard InChI is InChI=1S/C15H17NO2/c1-4-18-15(17)14-11(3)16-9-13(14)12-7-5-6-10(2)8-12/h5-9,16H,4H2,1-3H3. The molecule has 0 aliphatic carbocycles. The molecule has 0 spiro atoms. The fourth-order valence-corrected chi connectivity index (χ4v) is 2.03. The van der Waals surface area contributed by atoms with Crippen LogP contribution in [0.1, 0.15) is 28.5 Å². The van der Waals surface area contributed by atoms with E-state index in [0.717, 1.165) is 16.8 Å². The molecule has 0 saturated heterocycles. The van der Waals surface area contributed by atoms with E-state index in [0.29, 0.717) is 12.2 Å². The first-order chi connectivity index (χ1) is 8.63. The SMILES string of the molecule is CCOC(=O)c1c(-c2cccc(C)c2)c[nH]c1C. The third kappa shape index (κ3) is 2.30. The largest absolute Gasteiger partial charge is 0.462 e. The molecule has 1 N–H and O–H groups in total. The average molecular weight is 243 g/mol. The summed E-state index contributed by atoms with van der Waals surface area (Å²) in [7, 11) is 0. The van der Waals surface area contributed by atoms with E-state index in [4.69, 9.17) is 4.74 Å². The number of benzene rings is 1. The quantitative estimate of drug-likeness (QED) is 0.839. The van der Waals surface area contributed by atoms with Crippen LogP contribution in [0.4, 0.5) is 0 Å². The third-order valence-electron chi connectivity index (χ3n) is 2.89. The molecule has 0 aliphatic rings. The monoisotopic (exact) mass is 243 g/mol. The molecule has 1 aromatic heterocycles. The lowest BCUT2D eigenvalue weighted by Gasteiger charge is -2.06. The Labute approximate surface area is 107 Å². The summed E-state index contributed by atoms with van der Waals surface area (Å²) < 4.78 is 5.10. The highest BCUT2D eigenvalue weighted by Gasteiger charge is 2.18. The molecular weight excluding hydrogens is 226 g/mol. The molecule has 1 heterocycles. The lowest BCUT2D eigenvalue weighted by atomic mass is 10.0. The van der Waals surface area contributed by atoms with Crippen molar-refractivity contribution in [3.63, 3.8) is 0 Å². The topological polar surface area (TPSA) is 42.1 Å². The van der Waals surface area contributed by atoms with Gasteiger partial charge >= 0.3 is 5.97 Å². The van der Waals surface area contributed by atoms with Crippen molar-refractivity contribution in [2.24, 2.45) is 0 Å². The maximum absolute atomic E-state index is 12.0. The van der Waals surface area contributed by atoms with E-state index in [2.05, 4.69) is 11.1 Å².